The van der Waals surface area contributed by atoms with Crippen LogP contribution in [0.25, 0.3) is 0 Å². The number of amides is 1. The van der Waals surface area contributed by atoms with Crippen LogP contribution in [0.3, 0.4) is 0 Å². The third-order valence-corrected chi connectivity index (χ3v) is 4.79. The number of benzene rings is 1. The molecule has 21 heavy (non-hydrogen) atoms. The highest BCUT2D eigenvalue weighted by Crippen LogP contribution is 2.27. The molecule has 0 bridgehead atoms. The van der Waals surface area contributed by atoms with Crippen molar-refractivity contribution in [2.45, 2.75) is 31.7 Å². The predicted molar refractivity (Wildman–Crippen MR) is 81.7 cm³/mol. The van der Waals surface area contributed by atoms with E-state index < -0.39 is 0 Å². The minimum Gasteiger partial charge on any atom is -0.339 e. The van der Waals surface area contributed by atoms with Gasteiger partial charge in [-0.15, -0.1) is 0 Å². The Morgan fingerprint density at radius 2 is 1.90 bits per heavy atom. The van der Waals surface area contributed by atoms with Gasteiger partial charge in [-0.05, 0) is 45.0 Å². The molecule has 1 amide bonds. The Balaban J connectivity index is 1.77. The van der Waals surface area contributed by atoms with Gasteiger partial charge >= 0.3 is 0 Å². The van der Waals surface area contributed by atoms with Gasteiger partial charge in [0.05, 0.1) is 0 Å². The second kappa shape index (κ2) is 5.60. The van der Waals surface area contributed by atoms with E-state index in [1.165, 1.54) is 0 Å². The molecular weight excluding hydrogens is 264 g/mol. The number of fused-ring (bicyclic) bond motifs is 1. The van der Waals surface area contributed by atoms with Crippen LogP contribution in [0.5, 0.6) is 0 Å². The van der Waals surface area contributed by atoms with E-state index in [0.29, 0.717) is 18.9 Å². The van der Waals surface area contributed by atoms with Crippen LogP contribution in [0.1, 0.15) is 45.5 Å². The van der Waals surface area contributed by atoms with Crippen molar-refractivity contribution < 1.29 is 9.59 Å². The molecule has 1 saturated heterocycles. The van der Waals surface area contributed by atoms with Crippen LogP contribution >= 0.6 is 0 Å². The van der Waals surface area contributed by atoms with E-state index in [9.17, 15) is 9.59 Å². The van der Waals surface area contributed by atoms with Crippen LogP contribution in [0, 0.1) is 0 Å². The van der Waals surface area contributed by atoms with Crippen molar-refractivity contribution in [3.8, 4) is 0 Å². The van der Waals surface area contributed by atoms with Gasteiger partial charge in [0, 0.05) is 36.7 Å². The number of nitrogens with zero attached hydrogens (tertiary/aromatic N) is 2. The second-order valence-electron chi connectivity index (χ2n) is 6.24. The molecule has 3 rings (SSSR count). The lowest BCUT2D eigenvalue weighted by atomic mass is 9.99. The highest BCUT2D eigenvalue weighted by Gasteiger charge is 2.29. The summed E-state index contributed by atoms with van der Waals surface area (Å²) in [6.45, 7) is 1.61. The second-order valence-corrected chi connectivity index (χ2v) is 6.24. The Morgan fingerprint density at radius 3 is 2.57 bits per heavy atom. The lowest BCUT2D eigenvalue weighted by molar-refractivity contribution is 0.0662. The quantitative estimate of drug-likeness (QED) is 0.834. The summed E-state index contributed by atoms with van der Waals surface area (Å²) >= 11 is 0. The van der Waals surface area contributed by atoms with E-state index in [1.54, 1.807) is 0 Å². The molecule has 1 aromatic carbocycles. The topological polar surface area (TPSA) is 40.6 Å². The third-order valence-electron chi connectivity index (χ3n) is 4.79. The van der Waals surface area contributed by atoms with Crippen molar-refractivity contribution in [1.82, 2.24) is 9.80 Å². The molecule has 0 radical (unpaired) electrons. The molecular formula is C17H22N2O2. The molecule has 2 aliphatic rings. The van der Waals surface area contributed by atoms with Crippen molar-refractivity contribution >= 4 is 11.7 Å². The fraction of sp³-hybridized carbons (Fsp3) is 0.529. The highest BCUT2D eigenvalue weighted by atomic mass is 16.2. The molecule has 0 saturated carbocycles. The fourth-order valence-corrected chi connectivity index (χ4v) is 3.45. The number of carbonyl (C=O) groups is 2. The van der Waals surface area contributed by atoms with Crippen LogP contribution in [-0.2, 0) is 6.42 Å². The van der Waals surface area contributed by atoms with E-state index in [2.05, 4.69) is 19.0 Å². The molecule has 112 valence electrons. The average Bonchev–Trinajstić information content (AvgIpc) is 2.88. The van der Waals surface area contributed by atoms with Gasteiger partial charge in [-0.3, -0.25) is 9.59 Å². The maximum absolute atomic E-state index is 12.7. The molecule has 0 aromatic heterocycles. The maximum Gasteiger partial charge on any atom is 0.254 e. The first kappa shape index (κ1) is 14.3. The summed E-state index contributed by atoms with van der Waals surface area (Å²) in [5, 5.41) is 0. The molecule has 1 aromatic rings. The van der Waals surface area contributed by atoms with Crippen LogP contribution in [0.15, 0.2) is 18.2 Å². The van der Waals surface area contributed by atoms with Gasteiger partial charge in [-0.2, -0.15) is 0 Å². The summed E-state index contributed by atoms with van der Waals surface area (Å²) in [5.41, 5.74) is 2.45. The van der Waals surface area contributed by atoms with E-state index in [1.807, 2.05) is 23.1 Å². The smallest absolute Gasteiger partial charge is 0.254 e. The molecule has 4 nitrogen and oxygen atoms in total. The van der Waals surface area contributed by atoms with Crippen molar-refractivity contribution in [2.75, 3.05) is 27.2 Å². The molecule has 1 aliphatic carbocycles. The first-order valence-electron chi connectivity index (χ1n) is 7.68. The minimum absolute atomic E-state index is 0.0961. The summed E-state index contributed by atoms with van der Waals surface area (Å²) in [5.74, 6) is 0.268. The lowest BCUT2D eigenvalue weighted by Gasteiger charge is -2.35. The Bertz CT molecular complexity index is 572. The zero-order valence-electron chi connectivity index (χ0n) is 12.8. The fourth-order valence-electron chi connectivity index (χ4n) is 3.45. The molecule has 0 N–H and O–H groups in total. The molecule has 4 heteroatoms. The highest BCUT2D eigenvalue weighted by molar-refractivity contribution is 6.05. The Kier molecular flexibility index (Phi) is 3.81. The number of carbonyl (C=O) groups excluding carboxylic acids is 2. The van der Waals surface area contributed by atoms with Gasteiger partial charge in [0.1, 0.15) is 0 Å². The van der Waals surface area contributed by atoms with Gasteiger partial charge in [0.25, 0.3) is 5.91 Å². The van der Waals surface area contributed by atoms with Gasteiger partial charge in [-0.1, -0.05) is 12.1 Å². The summed E-state index contributed by atoms with van der Waals surface area (Å²) in [6.07, 6.45) is 3.30. The average molecular weight is 286 g/mol. The number of hydrogen-bond acceptors (Lipinski definition) is 3. The third kappa shape index (κ3) is 2.60. The van der Waals surface area contributed by atoms with E-state index in [-0.39, 0.29) is 11.7 Å². The first-order valence-corrected chi connectivity index (χ1v) is 7.68. The summed E-state index contributed by atoms with van der Waals surface area (Å²) < 4.78 is 0. The van der Waals surface area contributed by atoms with Crippen molar-refractivity contribution in [3.63, 3.8) is 0 Å². The van der Waals surface area contributed by atoms with Crippen LogP contribution < -0.4 is 0 Å². The van der Waals surface area contributed by atoms with Crippen molar-refractivity contribution in [2.24, 2.45) is 0 Å². The Hall–Kier alpha value is -1.68. The largest absolute Gasteiger partial charge is 0.339 e. The van der Waals surface area contributed by atoms with Crippen LogP contribution in [0.2, 0.25) is 0 Å². The number of Topliss-reactive ketones (excluding diaryl/α,β-unsaturated/α-hetero) is 1. The zero-order chi connectivity index (χ0) is 15.0. The minimum atomic E-state index is 0.0961. The maximum atomic E-state index is 12.7. The number of piperidine rings is 1. The summed E-state index contributed by atoms with van der Waals surface area (Å²) in [4.78, 5) is 28.7. The number of hydrogen-bond donors (Lipinski definition) is 0. The molecule has 0 spiro atoms. The van der Waals surface area contributed by atoms with Crippen LogP contribution in [-0.4, -0.2) is 54.7 Å². The van der Waals surface area contributed by atoms with E-state index >= 15 is 0 Å². The van der Waals surface area contributed by atoms with Crippen LogP contribution in [0.4, 0.5) is 0 Å². The number of rotatable bonds is 2. The summed E-state index contributed by atoms with van der Waals surface area (Å²) in [6, 6.07) is 6.12. The summed E-state index contributed by atoms with van der Waals surface area (Å²) in [7, 11) is 4.19. The zero-order valence-corrected chi connectivity index (χ0v) is 12.8. The van der Waals surface area contributed by atoms with Gasteiger partial charge in [0.2, 0.25) is 0 Å². The SMILES string of the molecule is CN(C)C1CCN(C(=O)c2cccc3c2CCC3=O)CC1. The van der Waals surface area contributed by atoms with Gasteiger partial charge in [0.15, 0.2) is 5.78 Å². The Labute approximate surface area is 125 Å². The lowest BCUT2D eigenvalue weighted by Crippen LogP contribution is -2.44. The standard InChI is InChI=1S/C17H22N2O2/c1-18(2)12-8-10-19(11-9-12)17(21)15-5-3-4-14-13(15)6-7-16(14)20/h3-5,12H,6-11H2,1-2H3. The monoisotopic (exact) mass is 286 g/mol. The molecule has 1 aliphatic heterocycles. The molecule has 1 fully saturated rings. The normalized spacial score (nSPS) is 19.2. The van der Waals surface area contributed by atoms with E-state index in [0.717, 1.165) is 42.6 Å². The number of ketones is 1. The Morgan fingerprint density at radius 1 is 1.19 bits per heavy atom. The van der Waals surface area contributed by atoms with Crippen molar-refractivity contribution in [3.05, 3.63) is 34.9 Å². The van der Waals surface area contributed by atoms with Crippen molar-refractivity contribution in [1.29, 1.82) is 0 Å². The van der Waals surface area contributed by atoms with E-state index in [4.69, 9.17) is 0 Å². The van der Waals surface area contributed by atoms with Gasteiger partial charge < -0.3 is 9.80 Å². The van der Waals surface area contributed by atoms with Gasteiger partial charge in [-0.25, -0.2) is 0 Å². The molecule has 1 heterocycles. The predicted octanol–water partition coefficient (Wildman–Crippen LogP) is 1.98. The number of likely N-dealkylation sites (tertiary alicyclic amines) is 1. The molecule has 0 unspecified atom stereocenters. The first-order chi connectivity index (χ1) is 10.1. The molecule has 0 atom stereocenters.